The highest BCUT2D eigenvalue weighted by Gasteiger charge is 2.38. The second-order valence-corrected chi connectivity index (χ2v) is 8.62. The van der Waals surface area contributed by atoms with Crippen molar-refractivity contribution in [1.29, 1.82) is 0 Å². The highest BCUT2D eigenvalue weighted by atomic mass is 16.4. The molecule has 4 heteroatoms. The highest BCUT2D eigenvalue weighted by Crippen LogP contribution is 2.41. The number of rotatable bonds is 8. The van der Waals surface area contributed by atoms with Gasteiger partial charge in [-0.05, 0) is 55.7 Å². The number of aliphatic carboxylic acids is 1. The molecule has 0 aliphatic heterocycles. The molecule has 0 spiro atoms. The Balaban J connectivity index is 1.22. The molecule has 2 aliphatic rings. The quantitative estimate of drug-likeness (QED) is 0.653. The SMILES string of the molecule is O=C(Cc1ccc([C@@H]2C[C@H]2NCC2CCC(C(=O)O)CC2)cc1)c1ccccc1. The zero-order valence-electron chi connectivity index (χ0n) is 16.7. The first-order valence-corrected chi connectivity index (χ1v) is 10.7. The molecular formula is C25H29NO3. The summed E-state index contributed by atoms with van der Waals surface area (Å²) in [7, 11) is 0. The number of benzene rings is 2. The van der Waals surface area contributed by atoms with E-state index in [0.717, 1.165) is 49.8 Å². The van der Waals surface area contributed by atoms with E-state index in [1.54, 1.807) is 0 Å². The Morgan fingerprint density at radius 3 is 2.28 bits per heavy atom. The van der Waals surface area contributed by atoms with Crippen LogP contribution in [-0.4, -0.2) is 29.4 Å². The molecule has 2 saturated carbocycles. The van der Waals surface area contributed by atoms with Crippen LogP contribution in [0.4, 0.5) is 0 Å². The molecule has 152 valence electrons. The van der Waals surface area contributed by atoms with Crippen LogP contribution in [0.5, 0.6) is 0 Å². The van der Waals surface area contributed by atoms with Gasteiger partial charge in [-0.3, -0.25) is 9.59 Å². The third-order valence-corrected chi connectivity index (χ3v) is 6.52. The van der Waals surface area contributed by atoms with Crippen LogP contribution in [0.1, 0.15) is 59.5 Å². The lowest BCUT2D eigenvalue weighted by Crippen LogP contribution is -2.30. The summed E-state index contributed by atoms with van der Waals surface area (Å²) in [5.74, 6) is 0.559. The van der Waals surface area contributed by atoms with Gasteiger partial charge in [-0.25, -0.2) is 0 Å². The summed E-state index contributed by atoms with van der Waals surface area (Å²) in [4.78, 5) is 23.4. The van der Waals surface area contributed by atoms with Crippen LogP contribution >= 0.6 is 0 Å². The number of hydrogen-bond donors (Lipinski definition) is 2. The van der Waals surface area contributed by atoms with Crippen LogP contribution in [0.3, 0.4) is 0 Å². The van der Waals surface area contributed by atoms with E-state index in [1.165, 1.54) is 5.56 Å². The molecule has 0 radical (unpaired) electrons. The maximum atomic E-state index is 12.3. The molecule has 2 aromatic rings. The van der Waals surface area contributed by atoms with E-state index in [1.807, 2.05) is 30.3 Å². The lowest BCUT2D eigenvalue weighted by atomic mass is 9.82. The summed E-state index contributed by atoms with van der Waals surface area (Å²) in [5.41, 5.74) is 3.16. The van der Waals surface area contributed by atoms with Gasteiger partial charge in [-0.15, -0.1) is 0 Å². The van der Waals surface area contributed by atoms with Gasteiger partial charge in [0.2, 0.25) is 0 Å². The van der Waals surface area contributed by atoms with Crippen LogP contribution in [0, 0.1) is 11.8 Å². The Kier molecular flexibility index (Phi) is 6.10. The number of Topliss-reactive ketones (excluding diaryl/α,β-unsaturated/α-hetero) is 1. The second-order valence-electron chi connectivity index (χ2n) is 8.62. The number of hydrogen-bond acceptors (Lipinski definition) is 3. The van der Waals surface area contributed by atoms with Crippen molar-refractivity contribution in [3.63, 3.8) is 0 Å². The summed E-state index contributed by atoms with van der Waals surface area (Å²) in [6.45, 7) is 0.997. The van der Waals surface area contributed by atoms with Gasteiger partial charge in [0.25, 0.3) is 0 Å². The summed E-state index contributed by atoms with van der Waals surface area (Å²) in [6, 6.07) is 18.5. The molecule has 0 saturated heterocycles. The third kappa shape index (κ3) is 5.13. The Bertz CT molecular complexity index is 838. The molecule has 4 rings (SSSR count). The molecule has 2 fully saturated rings. The first-order valence-electron chi connectivity index (χ1n) is 10.7. The minimum atomic E-state index is -0.632. The zero-order chi connectivity index (χ0) is 20.2. The number of carbonyl (C=O) groups is 2. The van der Waals surface area contributed by atoms with Crippen molar-refractivity contribution in [1.82, 2.24) is 5.32 Å². The fourth-order valence-electron chi connectivity index (χ4n) is 4.51. The summed E-state index contributed by atoms with van der Waals surface area (Å²) >= 11 is 0. The molecule has 4 nitrogen and oxygen atoms in total. The van der Waals surface area contributed by atoms with Crippen molar-refractivity contribution >= 4 is 11.8 Å². The Morgan fingerprint density at radius 2 is 1.62 bits per heavy atom. The number of carboxylic acid groups (broad SMARTS) is 1. The molecule has 0 unspecified atom stereocenters. The van der Waals surface area contributed by atoms with Gasteiger partial charge in [0.1, 0.15) is 0 Å². The Labute approximate surface area is 172 Å². The van der Waals surface area contributed by atoms with Gasteiger partial charge in [0, 0.05) is 23.9 Å². The van der Waals surface area contributed by atoms with Crippen molar-refractivity contribution in [2.24, 2.45) is 11.8 Å². The van der Waals surface area contributed by atoms with Crippen LogP contribution < -0.4 is 5.32 Å². The average molecular weight is 392 g/mol. The number of carboxylic acids is 1. The van der Waals surface area contributed by atoms with E-state index >= 15 is 0 Å². The van der Waals surface area contributed by atoms with Gasteiger partial charge < -0.3 is 10.4 Å². The van der Waals surface area contributed by atoms with Crippen LogP contribution in [0.25, 0.3) is 0 Å². The lowest BCUT2D eigenvalue weighted by molar-refractivity contribution is -0.143. The summed E-state index contributed by atoms with van der Waals surface area (Å²) < 4.78 is 0. The monoisotopic (exact) mass is 391 g/mol. The van der Waals surface area contributed by atoms with Gasteiger partial charge in [-0.1, -0.05) is 54.6 Å². The molecule has 29 heavy (non-hydrogen) atoms. The standard InChI is InChI=1S/C25H29NO3/c27-24(20-4-2-1-3-5-20)14-17-6-10-19(11-7-17)22-15-23(22)26-16-18-8-12-21(13-9-18)25(28)29/h1-7,10-11,18,21-23,26H,8-9,12-16H2,(H,28,29)/t18?,21?,22-,23+/m0/s1. The maximum Gasteiger partial charge on any atom is 0.306 e. The van der Waals surface area contributed by atoms with E-state index in [9.17, 15) is 9.59 Å². The average Bonchev–Trinajstić information content (AvgIpc) is 3.53. The van der Waals surface area contributed by atoms with Gasteiger partial charge in [0.15, 0.2) is 5.78 Å². The van der Waals surface area contributed by atoms with E-state index < -0.39 is 5.97 Å². The van der Waals surface area contributed by atoms with E-state index in [-0.39, 0.29) is 11.7 Å². The minimum absolute atomic E-state index is 0.132. The number of nitrogens with one attached hydrogen (secondary N) is 1. The maximum absolute atomic E-state index is 12.3. The molecule has 2 aliphatic carbocycles. The first kappa shape index (κ1) is 19.8. The molecule has 2 N–H and O–H groups in total. The van der Waals surface area contributed by atoms with E-state index in [2.05, 4.69) is 29.6 Å². The summed E-state index contributed by atoms with van der Waals surface area (Å²) in [6.07, 6.45) is 5.28. The highest BCUT2D eigenvalue weighted by molar-refractivity contribution is 5.97. The molecule has 0 aromatic heterocycles. The third-order valence-electron chi connectivity index (χ3n) is 6.52. The second kappa shape index (κ2) is 8.91. The molecule has 0 heterocycles. The molecule has 0 amide bonds. The Morgan fingerprint density at radius 1 is 0.931 bits per heavy atom. The van der Waals surface area contributed by atoms with Crippen molar-refractivity contribution in [3.05, 3.63) is 71.3 Å². The van der Waals surface area contributed by atoms with Crippen molar-refractivity contribution in [3.8, 4) is 0 Å². The number of carbonyl (C=O) groups excluding carboxylic acids is 1. The summed E-state index contributed by atoms with van der Waals surface area (Å²) in [5, 5.41) is 12.8. The van der Waals surface area contributed by atoms with Gasteiger partial charge >= 0.3 is 5.97 Å². The predicted octanol–water partition coefficient (Wildman–Crippen LogP) is 4.45. The Hall–Kier alpha value is -2.46. The molecule has 2 atom stereocenters. The van der Waals surface area contributed by atoms with E-state index in [0.29, 0.717) is 24.3 Å². The molecule has 2 aromatic carbocycles. The van der Waals surface area contributed by atoms with E-state index in [4.69, 9.17) is 5.11 Å². The lowest BCUT2D eigenvalue weighted by Gasteiger charge is -2.26. The van der Waals surface area contributed by atoms with Crippen LogP contribution in [0.2, 0.25) is 0 Å². The predicted molar refractivity (Wildman–Crippen MR) is 113 cm³/mol. The first-order chi connectivity index (χ1) is 14.1. The topological polar surface area (TPSA) is 66.4 Å². The van der Waals surface area contributed by atoms with Gasteiger partial charge in [-0.2, -0.15) is 0 Å². The molecule has 0 bridgehead atoms. The van der Waals surface area contributed by atoms with Crippen molar-refractivity contribution < 1.29 is 14.7 Å². The minimum Gasteiger partial charge on any atom is -0.481 e. The zero-order valence-corrected chi connectivity index (χ0v) is 16.7. The van der Waals surface area contributed by atoms with Crippen LogP contribution in [-0.2, 0) is 11.2 Å². The van der Waals surface area contributed by atoms with Gasteiger partial charge in [0.05, 0.1) is 5.92 Å². The smallest absolute Gasteiger partial charge is 0.306 e. The van der Waals surface area contributed by atoms with Crippen molar-refractivity contribution in [2.75, 3.05) is 6.54 Å². The normalized spacial score (nSPS) is 26.1. The molecular weight excluding hydrogens is 362 g/mol. The fraction of sp³-hybridized carbons (Fsp3) is 0.440. The number of ketones is 1. The largest absolute Gasteiger partial charge is 0.481 e. The van der Waals surface area contributed by atoms with Crippen LogP contribution in [0.15, 0.2) is 54.6 Å². The fourth-order valence-corrected chi connectivity index (χ4v) is 4.51. The van der Waals surface area contributed by atoms with Crippen molar-refractivity contribution in [2.45, 2.75) is 50.5 Å².